The van der Waals surface area contributed by atoms with Gasteiger partial charge >= 0.3 is 0 Å². The second-order valence-corrected chi connectivity index (χ2v) is 3.05. The summed E-state index contributed by atoms with van der Waals surface area (Å²) >= 11 is 0. The van der Waals surface area contributed by atoms with E-state index >= 15 is 0 Å². The smallest absolute Gasteiger partial charge is 0.104 e. The third-order valence-electron chi connectivity index (χ3n) is 1.63. The van der Waals surface area contributed by atoms with Crippen LogP contribution in [0.1, 0.15) is 13.3 Å². The lowest BCUT2D eigenvalue weighted by Gasteiger charge is -1.95. The minimum Gasteiger partial charge on any atom is -0.359 e. The van der Waals surface area contributed by atoms with Gasteiger partial charge in [-0.3, -0.25) is 0 Å². The maximum Gasteiger partial charge on any atom is 0.104 e. The predicted molar refractivity (Wildman–Crippen MR) is 56.8 cm³/mol. The topological polar surface area (TPSA) is 21.9 Å². The number of terminal acetylenes is 1. The summed E-state index contributed by atoms with van der Waals surface area (Å²) in [6.07, 6.45) is 13.4. The van der Waals surface area contributed by atoms with Crippen LogP contribution in [-0.4, -0.2) is 0 Å². The first-order valence-electron chi connectivity index (χ1n) is 4.33. The Morgan fingerprint density at radius 2 is 2.43 bits per heavy atom. The first-order valence-corrected chi connectivity index (χ1v) is 4.33. The molecule has 0 aromatic rings. The molecule has 0 unspecified atom stereocenters. The summed E-state index contributed by atoms with van der Waals surface area (Å²) in [5, 5.41) is 2.92. The van der Waals surface area contributed by atoms with Crippen molar-refractivity contribution in [3.8, 4) is 12.3 Å². The van der Waals surface area contributed by atoms with Crippen LogP contribution < -0.4 is 5.32 Å². The summed E-state index contributed by atoms with van der Waals surface area (Å²) in [6.45, 7) is 1.89. The summed E-state index contributed by atoms with van der Waals surface area (Å²) in [7, 11) is 0. The van der Waals surface area contributed by atoms with E-state index in [4.69, 9.17) is 6.42 Å². The number of halogens is 1. The van der Waals surface area contributed by atoms with E-state index in [0.717, 1.165) is 11.3 Å². The van der Waals surface area contributed by atoms with Crippen LogP contribution in [-0.2, 0) is 0 Å². The molecule has 0 fully saturated rings. The highest BCUT2D eigenvalue weighted by Crippen LogP contribution is 2.15. The average Bonchev–Trinajstić information content (AvgIpc) is 2.88. The van der Waals surface area contributed by atoms with E-state index in [0.29, 0.717) is 6.42 Å². The molecule has 0 saturated carbocycles. The zero-order valence-corrected chi connectivity index (χ0v) is 8.05. The van der Waals surface area contributed by atoms with Crippen molar-refractivity contribution in [3.05, 3.63) is 47.6 Å². The molecule has 0 aromatic carbocycles. The molecule has 1 heterocycles. The van der Waals surface area contributed by atoms with E-state index in [9.17, 15) is 4.39 Å². The summed E-state index contributed by atoms with van der Waals surface area (Å²) in [5.74, 6) is 2.10. The van der Waals surface area contributed by atoms with Gasteiger partial charge in [-0.1, -0.05) is 17.6 Å². The highest BCUT2D eigenvalue weighted by atomic mass is 19.1. The Bertz CT molecular complexity index is 364. The van der Waals surface area contributed by atoms with Gasteiger partial charge in [0.15, 0.2) is 0 Å². The van der Waals surface area contributed by atoms with Gasteiger partial charge in [-0.15, -0.1) is 6.42 Å². The van der Waals surface area contributed by atoms with Gasteiger partial charge in [-0.05, 0) is 25.2 Å². The van der Waals surface area contributed by atoms with Gasteiger partial charge in [0, 0.05) is 12.6 Å². The molecule has 1 aliphatic rings. The standard InChI is InChI=1S/C12H12FN/c1-3-4-5-6-11(13)7-10(2)8-12-9-14-12/h1,4-6,8-9,14H,7H2,2H3/b5-4-,10-8+,11-6+. The molecule has 14 heavy (non-hydrogen) atoms. The third-order valence-corrected chi connectivity index (χ3v) is 1.63. The highest BCUT2D eigenvalue weighted by molar-refractivity contribution is 5.33. The Hall–Kier alpha value is -1.75. The zero-order valence-electron chi connectivity index (χ0n) is 8.05. The molecule has 72 valence electrons. The van der Waals surface area contributed by atoms with Crippen LogP contribution in [0.5, 0.6) is 0 Å². The summed E-state index contributed by atoms with van der Waals surface area (Å²) in [6, 6.07) is 0. The Morgan fingerprint density at radius 1 is 1.71 bits per heavy atom. The summed E-state index contributed by atoms with van der Waals surface area (Å²) in [5.41, 5.74) is 2.03. The van der Waals surface area contributed by atoms with Crippen molar-refractivity contribution in [1.82, 2.24) is 5.32 Å². The van der Waals surface area contributed by atoms with Crippen molar-refractivity contribution in [3.63, 3.8) is 0 Å². The molecular weight excluding hydrogens is 177 g/mol. The minimum absolute atomic E-state index is 0.188. The molecule has 1 aliphatic heterocycles. The molecule has 0 amide bonds. The Labute approximate surface area is 83.7 Å². The van der Waals surface area contributed by atoms with Crippen LogP contribution >= 0.6 is 0 Å². The molecule has 0 saturated heterocycles. The zero-order chi connectivity index (χ0) is 10.4. The van der Waals surface area contributed by atoms with E-state index in [2.05, 4.69) is 11.2 Å². The lowest BCUT2D eigenvalue weighted by Crippen LogP contribution is -1.81. The third kappa shape index (κ3) is 4.32. The van der Waals surface area contributed by atoms with E-state index in [1.54, 1.807) is 0 Å². The van der Waals surface area contributed by atoms with Crippen LogP contribution in [0.25, 0.3) is 0 Å². The lowest BCUT2D eigenvalue weighted by atomic mass is 10.2. The monoisotopic (exact) mass is 189 g/mol. The quantitative estimate of drug-likeness (QED) is 0.533. The molecule has 0 atom stereocenters. The molecule has 2 heteroatoms. The van der Waals surface area contributed by atoms with Crippen LogP contribution in [0.3, 0.4) is 0 Å². The van der Waals surface area contributed by atoms with Crippen molar-refractivity contribution < 1.29 is 4.39 Å². The summed E-state index contributed by atoms with van der Waals surface area (Å²) in [4.78, 5) is 0. The lowest BCUT2D eigenvalue weighted by molar-refractivity contribution is 0.611. The van der Waals surface area contributed by atoms with Crippen molar-refractivity contribution in [2.75, 3.05) is 0 Å². The first-order chi connectivity index (χ1) is 6.72. The van der Waals surface area contributed by atoms with E-state index in [-0.39, 0.29) is 5.83 Å². The fourth-order valence-corrected chi connectivity index (χ4v) is 0.975. The Morgan fingerprint density at radius 3 is 3.00 bits per heavy atom. The second-order valence-electron chi connectivity index (χ2n) is 3.05. The van der Waals surface area contributed by atoms with Crippen LogP contribution in [0, 0.1) is 12.3 Å². The van der Waals surface area contributed by atoms with Crippen molar-refractivity contribution in [2.24, 2.45) is 0 Å². The van der Waals surface area contributed by atoms with Gasteiger partial charge in [0.2, 0.25) is 0 Å². The van der Waals surface area contributed by atoms with Gasteiger partial charge in [0.1, 0.15) is 5.83 Å². The van der Waals surface area contributed by atoms with Crippen LogP contribution in [0.15, 0.2) is 47.6 Å². The molecule has 1 rings (SSSR count). The fourth-order valence-electron chi connectivity index (χ4n) is 0.975. The first kappa shape index (κ1) is 10.3. The predicted octanol–water partition coefficient (Wildman–Crippen LogP) is 2.81. The van der Waals surface area contributed by atoms with E-state index in [1.807, 2.05) is 19.2 Å². The number of rotatable bonds is 4. The van der Waals surface area contributed by atoms with E-state index < -0.39 is 0 Å². The molecule has 0 aliphatic carbocycles. The molecule has 1 N–H and O–H groups in total. The summed E-state index contributed by atoms with van der Waals surface area (Å²) < 4.78 is 13.1. The normalized spacial score (nSPS) is 16.2. The minimum atomic E-state index is -0.188. The molecule has 0 radical (unpaired) electrons. The highest BCUT2D eigenvalue weighted by Gasteiger charge is 2.03. The van der Waals surface area contributed by atoms with E-state index in [1.165, 1.54) is 18.2 Å². The van der Waals surface area contributed by atoms with Gasteiger partial charge in [-0.25, -0.2) is 4.39 Å². The van der Waals surface area contributed by atoms with Gasteiger partial charge in [0.25, 0.3) is 0 Å². The molecule has 1 nitrogen and oxygen atoms in total. The molecular formula is C12H12FN. The SMILES string of the molecule is C#C/C=C\C=C(\F)C/C(C)=C/C1=CN1. The van der Waals surface area contributed by atoms with Gasteiger partial charge < -0.3 is 5.32 Å². The van der Waals surface area contributed by atoms with Gasteiger partial charge in [0.05, 0.1) is 5.70 Å². The number of hydrogen-bond acceptors (Lipinski definition) is 1. The van der Waals surface area contributed by atoms with Crippen molar-refractivity contribution in [1.29, 1.82) is 0 Å². The Kier molecular flexibility index (Phi) is 3.75. The molecule has 0 bridgehead atoms. The van der Waals surface area contributed by atoms with Gasteiger partial charge in [-0.2, -0.15) is 0 Å². The fraction of sp³-hybridized carbons (Fsp3) is 0.167. The molecule has 0 spiro atoms. The second kappa shape index (κ2) is 5.08. The van der Waals surface area contributed by atoms with Crippen molar-refractivity contribution in [2.45, 2.75) is 13.3 Å². The maximum absolute atomic E-state index is 13.1. The van der Waals surface area contributed by atoms with Crippen molar-refractivity contribution >= 4 is 0 Å². The number of allylic oxidation sites excluding steroid dienone is 6. The average molecular weight is 189 g/mol. The number of hydrogen-bond donors (Lipinski definition) is 1. The molecule has 0 aromatic heterocycles. The maximum atomic E-state index is 13.1. The van der Waals surface area contributed by atoms with Crippen LogP contribution in [0.4, 0.5) is 4.39 Å². The van der Waals surface area contributed by atoms with Crippen LogP contribution in [0.2, 0.25) is 0 Å². The number of nitrogens with one attached hydrogen (secondary N) is 1. The Balaban J connectivity index is 2.43. The largest absolute Gasteiger partial charge is 0.359 e.